The van der Waals surface area contributed by atoms with Crippen LogP contribution in [0, 0.1) is 0 Å². The summed E-state index contributed by atoms with van der Waals surface area (Å²) in [6.07, 6.45) is 0.250. The van der Waals surface area contributed by atoms with Gasteiger partial charge >= 0.3 is 0 Å². The standard InChI is InChI=1S/C16H18N2O4/c1-20-14-4-2-12(3-5-14)15-10-13(17-22-15)11-16(19)18-6-8-21-9-7-18/h2-5,10H,6-9,11H2,1H3. The van der Waals surface area contributed by atoms with Gasteiger partial charge in [-0.2, -0.15) is 0 Å². The molecule has 1 amide bonds. The number of nitrogens with zero attached hydrogens (tertiary/aromatic N) is 2. The predicted molar refractivity (Wildman–Crippen MR) is 79.6 cm³/mol. The number of methoxy groups -OCH3 is 1. The van der Waals surface area contributed by atoms with E-state index < -0.39 is 0 Å². The molecule has 0 aliphatic carbocycles. The van der Waals surface area contributed by atoms with Crippen molar-refractivity contribution in [1.82, 2.24) is 10.1 Å². The van der Waals surface area contributed by atoms with Gasteiger partial charge in [-0.15, -0.1) is 0 Å². The molecule has 1 aliphatic heterocycles. The van der Waals surface area contributed by atoms with Crippen LogP contribution in [0.3, 0.4) is 0 Å². The molecule has 1 fully saturated rings. The molecule has 0 N–H and O–H groups in total. The van der Waals surface area contributed by atoms with Gasteiger partial charge in [0.05, 0.1) is 32.4 Å². The van der Waals surface area contributed by atoms with Gasteiger partial charge in [0.1, 0.15) is 5.75 Å². The van der Waals surface area contributed by atoms with Crippen molar-refractivity contribution in [3.8, 4) is 17.1 Å². The molecule has 2 aromatic rings. The lowest BCUT2D eigenvalue weighted by Crippen LogP contribution is -2.41. The number of carbonyl (C=O) groups excluding carboxylic acids is 1. The first kappa shape index (κ1) is 14.6. The van der Waals surface area contributed by atoms with Crippen LogP contribution in [0.2, 0.25) is 0 Å². The normalized spacial score (nSPS) is 14.9. The highest BCUT2D eigenvalue weighted by Gasteiger charge is 2.19. The van der Waals surface area contributed by atoms with E-state index in [0.29, 0.717) is 37.8 Å². The van der Waals surface area contributed by atoms with E-state index in [1.165, 1.54) is 0 Å². The number of ether oxygens (including phenoxy) is 2. The molecular formula is C16H18N2O4. The Morgan fingerprint density at radius 1 is 1.27 bits per heavy atom. The maximum absolute atomic E-state index is 12.2. The van der Waals surface area contributed by atoms with Crippen LogP contribution in [-0.2, 0) is 16.0 Å². The largest absolute Gasteiger partial charge is 0.497 e. The minimum atomic E-state index is 0.0536. The van der Waals surface area contributed by atoms with Crippen LogP contribution in [0.1, 0.15) is 5.69 Å². The molecule has 0 bridgehead atoms. The van der Waals surface area contributed by atoms with E-state index >= 15 is 0 Å². The van der Waals surface area contributed by atoms with Crippen molar-refractivity contribution in [2.75, 3.05) is 33.4 Å². The van der Waals surface area contributed by atoms with Gasteiger partial charge in [-0.05, 0) is 24.3 Å². The maximum Gasteiger partial charge on any atom is 0.228 e. The van der Waals surface area contributed by atoms with Gasteiger partial charge in [0, 0.05) is 24.7 Å². The molecule has 2 heterocycles. The summed E-state index contributed by atoms with van der Waals surface area (Å²) < 4.78 is 15.7. The second kappa shape index (κ2) is 6.62. The molecule has 116 valence electrons. The van der Waals surface area contributed by atoms with Crippen molar-refractivity contribution in [3.63, 3.8) is 0 Å². The molecule has 6 nitrogen and oxygen atoms in total. The predicted octanol–water partition coefficient (Wildman–Crippen LogP) is 1.75. The third-order valence-electron chi connectivity index (χ3n) is 3.63. The fourth-order valence-electron chi connectivity index (χ4n) is 2.37. The van der Waals surface area contributed by atoms with Crippen LogP contribution in [0.25, 0.3) is 11.3 Å². The lowest BCUT2D eigenvalue weighted by Gasteiger charge is -2.26. The fraction of sp³-hybridized carbons (Fsp3) is 0.375. The van der Waals surface area contributed by atoms with Gasteiger partial charge in [-0.1, -0.05) is 5.16 Å². The second-order valence-electron chi connectivity index (χ2n) is 5.08. The average molecular weight is 302 g/mol. The van der Waals surface area contributed by atoms with Crippen molar-refractivity contribution < 1.29 is 18.8 Å². The summed E-state index contributed by atoms with van der Waals surface area (Å²) in [5.41, 5.74) is 1.54. The Labute approximate surface area is 128 Å². The van der Waals surface area contributed by atoms with E-state index in [-0.39, 0.29) is 12.3 Å². The van der Waals surface area contributed by atoms with E-state index in [0.717, 1.165) is 11.3 Å². The van der Waals surface area contributed by atoms with E-state index in [2.05, 4.69) is 5.16 Å². The summed E-state index contributed by atoms with van der Waals surface area (Å²) in [5.74, 6) is 1.48. The number of rotatable bonds is 4. The molecule has 6 heteroatoms. The topological polar surface area (TPSA) is 64.8 Å². The highest BCUT2D eigenvalue weighted by molar-refractivity contribution is 5.78. The van der Waals surface area contributed by atoms with Crippen molar-refractivity contribution in [2.45, 2.75) is 6.42 Å². The van der Waals surface area contributed by atoms with E-state index in [1.807, 2.05) is 24.3 Å². The van der Waals surface area contributed by atoms with Crippen LogP contribution in [0.5, 0.6) is 5.75 Å². The zero-order chi connectivity index (χ0) is 15.4. The number of aromatic nitrogens is 1. The van der Waals surface area contributed by atoms with Crippen LogP contribution in [0.4, 0.5) is 0 Å². The van der Waals surface area contributed by atoms with Crippen LogP contribution in [0.15, 0.2) is 34.9 Å². The van der Waals surface area contributed by atoms with Crippen LogP contribution < -0.4 is 4.74 Å². The number of hydrogen-bond acceptors (Lipinski definition) is 5. The van der Waals surface area contributed by atoms with Crippen LogP contribution in [-0.4, -0.2) is 49.4 Å². The molecule has 22 heavy (non-hydrogen) atoms. The van der Waals surface area contributed by atoms with E-state index in [4.69, 9.17) is 14.0 Å². The van der Waals surface area contributed by atoms with Gasteiger partial charge in [-0.25, -0.2) is 0 Å². The molecule has 0 saturated carbocycles. The maximum atomic E-state index is 12.2. The zero-order valence-electron chi connectivity index (χ0n) is 12.4. The minimum absolute atomic E-state index is 0.0536. The number of morpholine rings is 1. The second-order valence-corrected chi connectivity index (χ2v) is 5.08. The Bertz CT molecular complexity index is 630. The first-order chi connectivity index (χ1) is 10.8. The average Bonchev–Trinajstić information content (AvgIpc) is 3.04. The summed E-state index contributed by atoms with van der Waals surface area (Å²) >= 11 is 0. The lowest BCUT2D eigenvalue weighted by molar-refractivity contribution is -0.134. The highest BCUT2D eigenvalue weighted by Crippen LogP contribution is 2.23. The number of benzene rings is 1. The van der Waals surface area contributed by atoms with Gasteiger partial charge in [0.15, 0.2) is 5.76 Å². The Hall–Kier alpha value is -2.34. The van der Waals surface area contributed by atoms with Crippen molar-refractivity contribution in [1.29, 1.82) is 0 Å². The Balaban J connectivity index is 1.66. The minimum Gasteiger partial charge on any atom is -0.497 e. The van der Waals surface area contributed by atoms with Gasteiger partial charge in [0.2, 0.25) is 5.91 Å². The van der Waals surface area contributed by atoms with Crippen molar-refractivity contribution >= 4 is 5.91 Å². The first-order valence-electron chi connectivity index (χ1n) is 7.22. The van der Waals surface area contributed by atoms with Crippen molar-refractivity contribution in [2.24, 2.45) is 0 Å². The summed E-state index contributed by atoms with van der Waals surface area (Å²) in [7, 11) is 1.62. The van der Waals surface area contributed by atoms with Gasteiger partial charge in [0.25, 0.3) is 0 Å². The fourth-order valence-corrected chi connectivity index (χ4v) is 2.37. The molecule has 1 saturated heterocycles. The highest BCUT2D eigenvalue weighted by atomic mass is 16.5. The van der Waals surface area contributed by atoms with Crippen molar-refractivity contribution in [3.05, 3.63) is 36.0 Å². The summed E-state index contributed by atoms with van der Waals surface area (Å²) in [6.45, 7) is 2.48. The SMILES string of the molecule is COc1ccc(-c2cc(CC(=O)N3CCOCC3)no2)cc1. The van der Waals surface area contributed by atoms with E-state index in [9.17, 15) is 4.79 Å². The van der Waals surface area contributed by atoms with Gasteiger partial charge in [-0.3, -0.25) is 4.79 Å². The first-order valence-corrected chi connectivity index (χ1v) is 7.22. The number of amides is 1. The molecule has 1 aliphatic rings. The number of carbonyl (C=O) groups is 1. The third kappa shape index (κ3) is 3.28. The lowest BCUT2D eigenvalue weighted by atomic mass is 10.1. The van der Waals surface area contributed by atoms with E-state index in [1.54, 1.807) is 18.1 Å². The Morgan fingerprint density at radius 2 is 2.00 bits per heavy atom. The Kier molecular flexibility index (Phi) is 4.39. The number of hydrogen-bond donors (Lipinski definition) is 0. The molecular weight excluding hydrogens is 284 g/mol. The molecule has 0 unspecified atom stereocenters. The van der Waals surface area contributed by atoms with Gasteiger partial charge < -0.3 is 18.9 Å². The summed E-state index contributed by atoms with van der Waals surface area (Å²) in [4.78, 5) is 14.0. The molecule has 1 aromatic carbocycles. The molecule has 0 radical (unpaired) electrons. The third-order valence-corrected chi connectivity index (χ3v) is 3.63. The smallest absolute Gasteiger partial charge is 0.228 e. The molecule has 0 atom stereocenters. The molecule has 3 rings (SSSR count). The molecule has 0 spiro atoms. The quantitative estimate of drug-likeness (QED) is 0.861. The monoisotopic (exact) mass is 302 g/mol. The summed E-state index contributed by atoms with van der Waals surface area (Å²) in [5, 5.41) is 3.98. The zero-order valence-corrected chi connectivity index (χ0v) is 12.4. The summed E-state index contributed by atoms with van der Waals surface area (Å²) in [6, 6.07) is 9.31. The molecule has 1 aromatic heterocycles. The Morgan fingerprint density at radius 3 is 2.68 bits per heavy atom. The van der Waals surface area contributed by atoms with Crippen LogP contribution >= 0.6 is 0 Å².